The van der Waals surface area contributed by atoms with Gasteiger partial charge in [0.05, 0.1) is 17.2 Å². The van der Waals surface area contributed by atoms with E-state index in [0.717, 1.165) is 42.9 Å². The zero-order valence-corrected chi connectivity index (χ0v) is 20.5. The van der Waals surface area contributed by atoms with E-state index in [-0.39, 0.29) is 28.8 Å². The maximum absolute atomic E-state index is 14.7. The van der Waals surface area contributed by atoms with Crippen molar-refractivity contribution < 1.29 is 22.4 Å². The zero-order chi connectivity index (χ0) is 27.5. The summed E-state index contributed by atoms with van der Waals surface area (Å²) in [5.41, 5.74) is 1.78. The van der Waals surface area contributed by atoms with E-state index in [1.807, 2.05) is 18.2 Å². The summed E-state index contributed by atoms with van der Waals surface area (Å²) in [6.07, 6.45) is -2.78. The molecule has 13 heteroatoms. The molecule has 1 aliphatic rings. The van der Waals surface area contributed by atoms with Gasteiger partial charge in [-0.2, -0.15) is 23.4 Å². The Labute approximate surface area is 215 Å². The Balaban J connectivity index is 1.68. The number of nitriles is 1. The van der Waals surface area contributed by atoms with E-state index in [9.17, 15) is 27.6 Å². The Bertz CT molecular complexity index is 1400. The highest BCUT2D eigenvalue weighted by Crippen LogP contribution is 2.27. The number of fused-ring (bicyclic) bond motifs is 1. The molecule has 1 aliphatic heterocycles. The fourth-order valence-corrected chi connectivity index (χ4v) is 3.71. The lowest BCUT2D eigenvalue weighted by Crippen LogP contribution is -2.34. The molecule has 0 radical (unpaired) electrons. The number of nitrogens with one attached hydrogen (secondary N) is 4. The largest absolute Gasteiger partial charge is 0.405 e. The first-order chi connectivity index (χ1) is 17.9. The summed E-state index contributed by atoms with van der Waals surface area (Å²) in [5.74, 6) is -2.56. The van der Waals surface area contributed by atoms with Crippen LogP contribution >= 0.6 is 0 Å². The highest BCUT2D eigenvalue weighted by Gasteiger charge is 2.29. The number of hydrogen-bond acceptors (Lipinski definition) is 8. The topological polar surface area (TPSA) is 128 Å². The summed E-state index contributed by atoms with van der Waals surface area (Å²) in [6, 6.07) is 10.2. The Hall–Kier alpha value is -4.31. The number of anilines is 4. The average Bonchev–Trinajstić information content (AvgIpc) is 2.88. The molecule has 3 aromatic rings. The summed E-state index contributed by atoms with van der Waals surface area (Å²) in [5, 5.41) is 20.1. The van der Waals surface area contributed by atoms with E-state index in [4.69, 9.17) is 0 Å². The molecule has 0 fully saturated rings. The van der Waals surface area contributed by atoms with Gasteiger partial charge in [0.1, 0.15) is 17.9 Å². The lowest BCUT2D eigenvalue weighted by atomic mass is 9.91. The van der Waals surface area contributed by atoms with Crippen LogP contribution in [0.1, 0.15) is 41.0 Å². The third-order valence-electron chi connectivity index (χ3n) is 5.83. The molecule has 0 spiro atoms. The maximum atomic E-state index is 14.7. The molecule has 0 aliphatic carbocycles. The smallest absolute Gasteiger partial charge is 0.343 e. The average molecular weight is 529 g/mol. The number of carbonyl (C=O) groups excluding carboxylic acids is 1. The van der Waals surface area contributed by atoms with E-state index in [2.05, 4.69) is 37.0 Å². The van der Waals surface area contributed by atoms with Gasteiger partial charge in [0, 0.05) is 18.4 Å². The Morgan fingerprint density at radius 3 is 2.63 bits per heavy atom. The highest BCUT2D eigenvalue weighted by atomic mass is 19.4. The van der Waals surface area contributed by atoms with Crippen LogP contribution in [0.15, 0.2) is 36.5 Å². The molecular formula is C25H24F4N8O. The molecule has 0 unspecified atom stereocenters. The van der Waals surface area contributed by atoms with E-state index in [1.165, 1.54) is 6.07 Å². The van der Waals surface area contributed by atoms with Gasteiger partial charge in [0.2, 0.25) is 5.95 Å². The third-order valence-corrected chi connectivity index (χ3v) is 5.83. The van der Waals surface area contributed by atoms with Gasteiger partial charge in [-0.3, -0.25) is 4.79 Å². The normalized spacial score (nSPS) is 13.3. The number of alkyl halides is 3. The van der Waals surface area contributed by atoms with Gasteiger partial charge >= 0.3 is 6.18 Å². The number of halogens is 4. The quantitative estimate of drug-likeness (QED) is 0.336. The molecule has 0 atom stereocenters. The first kappa shape index (κ1) is 26.7. The van der Waals surface area contributed by atoms with Crippen molar-refractivity contribution >= 4 is 29.2 Å². The zero-order valence-electron chi connectivity index (χ0n) is 20.5. The predicted octanol–water partition coefficient (Wildman–Crippen LogP) is 4.24. The van der Waals surface area contributed by atoms with Crippen molar-refractivity contribution in [3.8, 4) is 6.07 Å². The number of amides is 1. The van der Waals surface area contributed by atoms with Gasteiger partial charge in [-0.25, -0.2) is 14.4 Å². The first-order valence-electron chi connectivity index (χ1n) is 11.6. The SMILES string of the molecule is CC(C)(C#N)c1ccc(F)c(Nc2nc(Nc3ccc4c(c3)CCNC4)ncc2C(=O)NCC(F)(F)F)n1. The number of carbonyl (C=O) groups is 1. The number of nitrogens with zero attached hydrogens (tertiary/aromatic N) is 4. The van der Waals surface area contributed by atoms with Crippen molar-refractivity contribution in [2.45, 2.75) is 38.4 Å². The van der Waals surface area contributed by atoms with Crippen LogP contribution in [0.3, 0.4) is 0 Å². The second-order valence-corrected chi connectivity index (χ2v) is 9.18. The molecule has 38 heavy (non-hydrogen) atoms. The predicted molar refractivity (Wildman–Crippen MR) is 132 cm³/mol. The lowest BCUT2D eigenvalue weighted by molar-refractivity contribution is -0.123. The molecular weight excluding hydrogens is 504 g/mol. The Morgan fingerprint density at radius 2 is 1.89 bits per heavy atom. The van der Waals surface area contributed by atoms with Crippen LogP contribution < -0.4 is 21.3 Å². The molecule has 1 amide bonds. The Kier molecular flexibility index (Phi) is 7.45. The monoisotopic (exact) mass is 528 g/mol. The fraction of sp³-hybridized carbons (Fsp3) is 0.320. The van der Waals surface area contributed by atoms with Crippen molar-refractivity contribution in [2.75, 3.05) is 23.7 Å². The number of aromatic nitrogens is 3. The molecule has 0 saturated carbocycles. The summed E-state index contributed by atoms with van der Waals surface area (Å²) >= 11 is 0. The van der Waals surface area contributed by atoms with Crippen molar-refractivity contribution in [1.82, 2.24) is 25.6 Å². The van der Waals surface area contributed by atoms with Gasteiger partial charge in [0.25, 0.3) is 5.91 Å². The summed E-state index contributed by atoms with van der Waals surface area (Å²) in [6.45, 7) is 3.20. The van der Waals surface area contributed by atoms with Crippen molar-refractivity contribution in [3.63, 3.8) is 0 Å². The van der Waals surface area contributed by atoms with Gasteiger partial charge < -0.3 is 21.3 Å². The Morgan fingerprint density at radius 1 is 1.11 bits per heavy atom. The molecule has 198 valence electrons. The van der Waals surface area contributed by atoms with Crippen LogP contribution in [0.2, 0.25) is 0 Å². The second-order valence-electron chi connectivity index (χ2n) is 9.18. The van der Waals surface area contributed by atoms with E-state index in [1.54, 1.807) is 19.2 Å². The van der Waals surface area contributed by atoms with Crippen LogP contribution in [-0.4, -0.2) is 40.1 Å². The number of hydrogen-bond donors (Lipinski definition) is 4. The fourth-order valence-electron chi connectivity index (χ4n) is 3.71. The van der Waals surface area contributed by atoms with Crippen LogP contribution in [0.4, 0.5) is 40.8 Å². The molecule has 3 heterocycles. The van der Waals surface area contributed by atoms with E-state index >= 15 is 0 Å². The van der Waals surface area contributed by atoms with E-state index in [0.29, 0.717) is 5.69 Å². The highest BCUT2D eigenvalue weighted by molar-refractivity contribution is 5.99. The minimum atomic E-state index is -4.64. The molecule has 9 nitrogen and oxygen atoms in total. The summed E-state index contributed by atoms with van der Waals surface area (Å²) < 4.78 is 52.7. The molecule has 1 aromatic carbocycles. The third kappa shape index (κ3) is 6.33. The molecule has 4 rings (SSSR count). The minimum absolute atomic E-state index is 0.0164. The van der Waals surface area contributed by atoms with Crippen LogP contribution in [0, 0.1) is 17.1 Å². The standard InChI is InChI=1S/C25H24F4N8O/c1-24(2,12-30)19-6-5-18(26)21(35-19)36-20-17(22(38)33-13-25(27,28)29)11-32-23(37-20)34-16-4-3-15-10-31-8-7-14(15)9-16/h3-6,9,11,31H,7-8,10,13H2,1-2H3,(H,33,38)(H2,32,34,35,36,37). The van der Waals surface area contributed by atoms with Gasteiger partial charge in [-0.1, -0.05) is 6.07 Å². The van der Waals surface area contributed by atoms with Gasteiger partial charge in [-0.15, -0.1) is 0 Å². The number of pyridine rings is 1. The summed E-state index contributed by atoms with van der Waals surface area (Å²) in [4.78, 5) is 25.0. The van der Waals surface area contributed by atoms with Gasteiger partial charge in [-0.05, 0) is 62.2 Å². The van der Waals surface area contributed by atoms with Gasteiger partial charge in [0.15, 0.2) is 11.6 Å². The first-order valence-corrected chi connectivity index (χ1v) is 11.6. The molecule has 2 aromatic heterocycles. The van der Waals surface area contributed by atoms with Crippen molar-refractivity contribution in [1.29, 1.82) is 5.26 Å². The van der Waals surface area contributed by atoms with Crippen molar-refractivity contribution in [2.24, 2.45) is 0 Å². The maximum Gasteiger partial charge on any atom is 0.405 e. The van der Waals surface area contributed by atoms with Crippen molar-refractivity contribution in [3.05, 3.63) is 64.7 Å². The second kappa shape index (κ2) is 10.6. The summed E-state index contributed by atoms with van der Waals surface area (Å²) in [7, 11) is 0. The van der Waals surface area contributed by atoms with Crippen LogP contribution in [-0.2, 0) is 18.4 Å². The van der Waals surface area contributed by atoms with Crippen LogP contribution in [0.25, 0.3) is 0 Å². The molecule has 0 bridgehead atoms. The van der Waals surface area contributed by atoms with E-state index < -0.39 is 29.9 Å². The number of benzene rings is 1. The van der Waals surface area contributed by atoms with Crippen LogP contribution in [0.5, 0.6) is 0 Å². The molecule has 4 N–H and O–H groups in total. The lowest BCUT2D eigenvalue weighted by Gasteiger charge is -2.19. The molecule has 0 saturated heterocycles. The number of rotatable bonds is 7. The minimum Gasteiger partial charge on any atom is -0.343 e.